The van der Waals surface area contributed by atoms with Crippen LogP contribution in [0.25, 0.3) is 0 Å². The third kappa shape index (κ3) is 5.64. The molecule has 0 aliphatic heterocycles. The highest BCUT2D eigenvalue weighted by molar-refractivity contribution is 4.11. The summed E-state index contributed by atoms with van der Waals surface area (Å²) in [6, 6.07) is 0. The SMILES string of the molecule is FOOC(F)(F)F. The molecule has 0 spiro atoms. The number of hydrogen-bond acceptors (Lipinski definition) is 2. The van der Waals surface area contributed by atoms with Crippen LogP contribution in [0.15, 0.2) is 0 Å². The summed E-state index contributed by atoms with van der Waals surface area (Å²) in [5.41, 5.74) is 0. The van der Waals surface area contributed by atoms with Gasteiger partial charge in [0.25, 0.3) is 0 Å². The van der Waals surface area contributed by atoms with Crippen LogP contribution in [0.5, 0.6) is 0 Å². The normalized spacial score (nSPS) is 12.0. The maximum absolute atomic E-state index is 10.5. The smallest absolute Gasteiger partial charge is 0.142 e. The zero-order chi connectivity index (χ0) is 5.91. The second kappa shape index (κ2) is 2.08. The Morgan fingerprint density at radius 2 is 1.57 bits per heavy atom. The molecule has 0 amide bonds. The topological polar surface area (TPSA) is 18.5 Å². The summed E-state index contributed by atoms with van der Waals surface area (Å²) in [6.45, 7) is 0. The quantitative estimate of drug-likeness (QED) is 0.295. The molecule has 0 rings (SSSR count). The van der Waals surface area contributed by atoms with Gasteiger partial charge in [-0.25, -0.2) is 0 Å². The standard InChI is InChI=1S/CF4O2/c2-1(3,4)6-7-5. The number of alkyl halides is 3. The number of hydrogen-bond donors (Lipinski definition) is 0. The van der Waals surface area contributed by atoms with E-state index in [1.807, 2.05) is 0 Å². The van der Waals surface area contributed by atoms with Crippen molar-refractivity contribution in [1.82, 2.24) is 0 Å². The van der Waals surface area contributed by atoms with E-state index in [0.717, 1.165) is 0 Å². The van der Waals surface area contributed by atoms with Crippen LogP contribution in [-0.4, -0.2) is 6.36 Å². The fourth-order valence-corrected chi connectivity index (χ4v) is 0.0357. The molecule has 0 unspecified atom stereocenters. The molecule has 7 heavy (non-hydrogen) atoms. The van der Waals surface area contributed by atoms with Gasteiger partial charge in [-0.05, 0) is 9.62 Å². The average Bonchev–Trinajstić information content (AvgIpc) is 1.30. The summed E-state index contributed by atoms with van der Waals surface area (Å²) in [6.07, 6.45) is -5.05. The van der Waals surface area contributed by atoms with Crippen molar-refractivity contribution in [2.75, 3.05) is 0 Å². The van der Waals surface area contributed by atoms with Crippen LogP contribution in [0.2, 0.25) is 0 Å². The third-order valence-electron chi connectivity index (χ3n) is 0.126. The molecule has 0 radical (unpaired) electrons. The first kappa shape index (κ1) is 6.64. The average molecular weight is 120 g/mol. The monoisotopic (exact) mass is 120 g/mol. The number of rotatable bonds is 1. The van der Waals surface area contributed by atoms with Crippen molar-refractivity contribution in [2.24, 2.45) is 0 Å². The minimum absolute atomic E-state index is 1.78. The van der Waals surface area contributed by atoms with E-state index in [4.69, 9.17) is 0 Å². The number of halogens is 4. The van der Waals surface area contributed by atoms with Crippen LogP contribution >= 0.6 is 0 Å². The summed E-state index contributed by atoms with van der Waals surface area (Å²) in [5.74, 6) is 0. The van der Waals surface area contributed by atoms with E-state index in [2.05, 4.69) is 4.89 Å². The van der Waals surface area contributed by atoms with Crippen LogP contribution in [-0.2, 0) is 9.98 Å². The molecule has 0 fully saturated rings. The predicted molar refractivity (Wildman–Crippen MR) is 9.33 cm³/mol. The zero-order valence-corrected chi connectivity index (χ0v) is 2.83. The van der Waals surface area contributed by atoms with Gasteiger partial charge in [0, 0.05) is 0 Å². The molecule has 2 nitrogen and oxygen atoms in total. The first-order valence-electron chi connectivity index (χ1n) is 1.09. The van der Waals surface area contributed by atoms with E-state index >= 15 is 0 Å². The van der Waals surface area contributed by atoms with E-state index < -0.39 is 6.36 Å². The Morgan fingerprint density at radius 3 is 1.57 bits per heavy atom. The molecule has 0 aromatic heterocycles. The van der Waals surface area contributed by atoms with Gasteiger partial charge in [0.1, 0.15) is 0 Å². The van der Waals surface area contributed by atoms with Crippen LogP contribution in [0.1, 0.15) is 0 Å². The lowest BCUT2D eigenvalue weighted by Gasteiger charge is -1.96. The van der Waals surface area contributed by atoms with Crippen molar-refractivity contribution >= 4 is 0 Å². The predicted octanol–water partition coefficient (Wildman–Crippen LogP) is 1.34. The van der Waals surface area contributed by atoms with Crippen molar-refractivity contribution in [2.45, 2.75) is 6.36 Å². The Hall–Kier alpha value is -0.360. The highest BCUT2D eigenvalue weighted by Gasteiger charge is 2.31. The summed E-state index contributed by atoms with van der Waals surface area (Å²) in [4.78, 5) is 2.06. The van der Waals surface area contributed by atoms with Crippen molar-refractivity contribution in [3.8, 4) is 0 Å². The van der Waals surface area contributed by atoms with Gasteiger partial charge in [-0.3, -0.25) is 0 Å². The van der Waals surface area contributed by atoms with Gasteiger partial charge in [-0.1, -0.05) is 4.89 Å². The Morgan fingerprint density at radius 1 is 1.14 bits per heavy atom. The van der Waals surface area contributed by atoms with Crippen molar-refractivity contribution < 1.29 is 27.7 Å². The molecule has 0 atom stereocenters. The van der Waals surface area contributed by atoms with Crippen LogP contribution in [0.4, 0.5) is 17.7 Å². The maximum atomic E-state index is 10.5. The summed E-state index contributed by atoms with van der Waals surface area (Å²) < 4.78 is 41.5. The van der Waals surface area contributed by atoms with Crippen molar-refractivity contribution in [3.63, 3.8) is 0 Å². The van der Waals surface area contributed by atoms with Gasteiger partial charge in [0.15, 0.2) is 0 Å². The van der Waals surface area contributed by atoms with Gasteiger partial charge in [0.05, 0.1) is 0 Å². The molecule has 0 heterocycles. The van der Waals surface area contributed by atoms with Crippen LogP contribution in [0.3, 0.4) is 0 Å². The lowest BCUT2D eigenvalue weighted by Crippen LogP contribution is -2.10. The highest BCUT2D eigenvalue weighted by Crippen LogP contribution is 2.15. The lowest BCUT2D eigenvalue weighted by molar-refractivity contribution is -0.553. The van der Waals surface area contributed by atoms with Gasteiger partial charge < -0.3 is 0 Å². The molecule has 0 aliphatic rings. The third-order valence-corrected chi connectivity index (χ3v) is 0.126. The molecule has 0 N–H and O–H groups in total. The molecule has 0 bridgehead atoms. The molecule has 0 saturated carbocycles. The van der Waals surface area contributed by atoms with E-state index in [0.29, 0.717) is 0 Å². The minimum Gasteiger partial charge on any atom is -0.142 e. The fourth-order valence-electron chi connectivity index (χ4n) is 0.0357. The lowest BCUT2D eigenvalue weighted by atomic mass is 11.4. The van der Waals surface area contributed by atoms with Crippen LogP contribution in [0, 0.1) is 0 Å². The molecular formula is CF4O2. The summed E-state index contributed by atoms with van der Waals surface area (Å²) in [7, 11) is 0. The summed E-state index contributed by atoms with van der Waals surface area (Å²) >= 11 is 0. The first-order valence-corrected chi connectivity index (χ1v) is 1.09. The van der Waals surface area contributed by atoms with Crippen molar-refractivity contribution in [3.05, 3.63) is 0 Å². The Balaban J connectivity index is 3.15. The van der Waals surface area contributed by atoms with Gasteiger partial charge in [0.2, 0.25) is 0 Å². The van der Waals surface area contributed by atoms with E-state index in [-0.39, 0.29) is 0 Å². The zero-order valence-electron chi connectivity index (χ0n) is 2.83. The van der Waals surface area contributed by atoms with E-state index in [1.165, 1.54) is 0 Å². The molecule has 0 aromatic carbocycles. The maximum Gasteiger partial charge on any atom is 0.552 e. The van der Waals surface area contributed by atoms with Gasteiger partial charge in [-0.2, -0.15) is 0 Å². The molecule has 0 saturated heterocycles. The molecule has 0 aliphatic carbocycles. The molecule has 44 valence electrons. The van der Waals surface area contributed by atoms with Gasteiger partial charge in [-0.15, -0.1) is 13.2 Å². The van der Waals surface area contributed by atoms with Gasteiger partial charge >= 0.3 is 6.36 Å². The van der Waals surface area contributed by atoms with Crippen LogP contribution < -0.4 is 0 Å². The minimum atomic E-state index is -5.05. The molecule has 0 aromatic rings. The largest absolute Gasteiger partial charge is 0.552 e. The second-order valence-corrected chi connectivity index (χ2v) is 0.592. The Labute approximate surface area is 35.5 Å². The van der Waals surface area contributed by atoms with Crippen molar-refractivity contribution in [1.29, 1.82) is 0 Å². The Kier molecular flexibility index (Phi) is 1.97. The Bertz CT molecular complexity index is 48.1. The molecular weight excluding hydrogens is 120 g/mol. The highest BCUT2D eigenvalue weighted by atomic mass is 19.4. The summed E-state index contributed by atoms with van der Waals surface area (Å²) in [5, 5.41) is 1.78. The van der Waals surface area contributed by atoms with E-state index in [1.54, 1.807) is 5.09 Å². The first-order chi connectivity index (χ1) is 3.06. The van der Waals surface area contributed by atoms with E-state index in [9.17, 15) is 17.7 Å². The molecule has 6 heteroatoms. The fraction of sp³-hybridized carbons (Fsp3) is 1.00. The second-order valence-electron chi connectivity index (χ2n) is 0.592.